The van der Waals surface area contributed by atoms with Crippen molar-refractivity contribution in [3.05, 3.63) is 116 Å². The molecule has 0 aromatic rings. The number of nitrogens with one attached hydrogen (secondary N) is 1. The summed E-state index contributed by atoms with van der Waals surface area (Å²) in [5, 5.41) is 14.4. The number of rotatable bonds is 28. The van der Waals surface area contributed by atoms with Gasteiger partial charge in [-0.1, -0.05) is 131 Å². The molecule has 2 N–H and O–H groups in total. The molecule has 0 radical (unpaired) electrons. The molecule has 0 spiro atoms. The largest absolute Gasteiger partial charge is 2.00 e. The Morgan fingerprint density at radius 2 is 1.47 bits per heavy atom. The van der Waals surface area contributed by atoms with Crippen molar-refractivity contribution in [2.75, 3.05) is 26.8 Å². The molecule has 0 aliphatic carbocycles. The predicted molar refractivity (Wildman–Crippen MR) is 310 cm³/mol. The Morgan fingerprint density at radius 3 is 2.07 bits per heavy atom. The Balaban J connectivity index is 0.0000122. The average molecular weight is 1040 g/mol. The molecule has 75 heavy (non-hydrogen) atoms. The molecule has 4 atom stereocenters. The van der Waals surface area contributed by atoms with Gasteiger partial charge in [0, 0.05) is 59.5 Å². The Kier molecular flexibility index (Phi) is 25.8. The summed E-state index contributed by atoms with van der Waals surface area (Å²) < 4.78 is 11.3. The number of hydrogen-bond acceptors (Lipinski definition) is 10. The predicted octanol–water partition coefficient (Wildman–Crippen LogP) is 14.4. The Bertz CT molecular complexity index is 2480. The van der Waals surface area contributed by atoms with Crippen LogP contribution in [-0.2, 0) is 23.9 Å². The van der Waals surface area contributed by atoms with Crippen LogP contribution in [0.15, 0.2) is 131 Å². The van der Waals surface area contributed by atoms with Gasteiger partial charge in [0.1, 0.15) is 6.61 Å². The molecule has 0 aromatic carbocycles. The van der Waals surface area contributed by atoms with E-state index in [9.17, 15) is 14.7 Å². The van der Waals surface area contributed by atoms with Crippen LogP contribution in [0, 0.1) is 29.6 Å². The monoisotopic (exact) mass is 1040 g/mol. The quantitative estimate of drug-likeness (QED) is 0.0344. The molecular weight excluding hydrogens is 947 g/mol. The molecule has 5 aliphatic heterocycles. The minimum atomic E-state index is -0.484. The fourth-order valence-corrected chi connectivity index (χ4v) is 10.8. The number of methoxy groups -OCH3 is 1. The number of fused-ring (bicyclic) bond motifs is 5. The molecule has 5 aliphatic rings. The van der Waals surface area contributed by atoms with Crippen LogP contribution in [-0.4, -0.2) is 94.8 Å². The number of aliphatic hydroxyl groups excluding tert-OH is 1. The third-order valence-corrected chi connectivity index (χ3v) is 15.7. The molecule has 5 heterocycles. The van der Waals surface area contributed by atoms with Crippen molar-refractivity contribution >= 4 is 58.0 Å². The van der Waals surface area contributed by atoms with Crippen molar-refractivity contribution in [1.29, 1.82) is 0 Å². The van der Waals surface area contributed by atoms with Crippen LogP contribution in [0.4, 0.5) is 0 Å². The molecule has 1 amide bonds. The summed E-state index contributed by atoms with van der Waals surface area (Å²) in [6, 6.07) is 0. The Hall–Kier alpha value is -4.81. The van der Waals surface area contributed by atoms with Crippen LogP contribution in [0.25, 0.3) is 0 Å². The molecule has 0 aromatic heterocycles. The van der Waals surface area contributed by atoms with Crippen molar-refractivity contribution in [2.24, 2.45) is 44.6 Å². The number of amides is 1. The second-order valence-corrected chi connectivity index (χ2v) is 21.9. The van der Waals surface area contributed by atoms with E-state index in [1.165, 1.54) is 57.6 Å². The third-order valence-electron chi connectivity index (χ3n) is 15.7. The Morgan fingerprint density at radius 1 is 0.813 bits per heavy atom. The summed E-state index contributed by atoms with van der Waals surface area (Å²) in [5.74, 6) is 0.897. The van der Waals surface area contributed by atoms with Crippen LogP contribution >= 0.6 is 0 Å². The van der Waals surface area contributed by atoms with E-state index < -0.39 is 5.97 Å². The van der Waals surface area contributed by atoms with E-state index in [4.69, 9.17) is 24.5 Å². The van der Waals surface area contributed by atoms with Crippen molar-refractivity contribution in [2.45, 2.75) is 185 Å². The van der Waals surface area contributed by atoms with Crippen LogP contribution < -0.4 is 5.32 Å². The zero-order valence-electron chi connectivity index (χ0n) is 48.2. The van der Waals surface area contributed by atoms with Gasteiger partial charge in [-0.15, -0.1) is 0 Å². The Labute approximate surface area is 467 Å². The van der Waals surface area contributed by atoms with E-state index in [2.05, 4.69) is 67.3 Å². The van der Waals surface area contributed by atoms with E-state index >= 15 is 4.79 Å². The summed E-state index contributed by atoms with van der Waals surface area (Å²) >= 11 is 0. The number of hydrogen-bond donors (Lipinski definition) is 2. The molecule has 8 bridgehead atoms. The van der Waals surface area contributed by atoms with Crippen molar-refractivity contribution in [3.8, 4) is 0 Å². The minimum Gasteiger partial charge on any atom is -0.515 e. The van der Waals surface area contributed by atoms with Gasteiger partial charge in [0.05, 0.1) is 59.6 Å². The van der Waals surface area contributed by atoms with Gasteiger partial charge >= 0.3 is 35.0 Å². The molecule has 5 rings (SSSR count). The van der Waals surface area contributed by atoms with Gasteiger partial charge in [-0.05, 0) is 118 Å². The first-order valence-corrected chi connectivity index (χ1v) is 28.2. The second-order valence-electron chi connectivity index (χ2n) is 21.9. The number of nitrogens with zero attached hydrogens (tertiary/aromatic N) is 4. The molecule has 4 unspecified atom stereocenters. The van der Waals surface area contributed by atoms with Gasteiger partial charge in [-0.25, -0.2) is 15.0 Å². The number of aliphatic imine (C=N–C) groups is 3. The van der Waals surface area contributed by atoms with Gasteiger partial charge in [0.2, 0.25) is 0 Å². The molecule has 1 saturated heterocycles. The maximum absolute atomic E-state index is 15.2. The fourth-order valence-electron chi connectivity index (χ4n) is 10.8. The van der Waals surface area contributed by atoms with Crippen LogP contribution in [0.5, 0.6) is 0 Å². The van der Waals surface area contributed by atoms with E-state index in [1.807, 2.05) is 50.0 Å². The van der Waals surface area contributed by atoms with Crippen LogP contribution in [0.2, 0.25) is 0 Å². The summed E-state index contributed by atoms with van der Waals surface area (Å²) in [7, 11) is 1.37. The normalized spacial score (nSPS) is 19.9. The van der Waals surface area contributed by atoms with Gasteiger partial charge < -0.3 is 24.8 Å². The van der Waals surface area contributed by atoms with Gasteiger partial charge in [-0.2, -0.15) is 0 Å². The standard InChI is InChI=1S/C63H91N5O6.Mg/c1-14-18-32-68(33-19-15-2)63(72)60-46(12)54-37-56-48(17-4)51(39-69)57(65-56)38-55-47(16-3)44(10)52(64-55)36-53-45(11)49(61(66-53)50(62(60)67-54)35-59(71)73-13)29-30-58(70)74-34-31-43(9)28-22-27-42(8)26-21-25-41(7)24-20-23-40(5)6;/h16,31,36-42,45,49,66,69H,3,14-15,17-30,32-35H2,1-2,4-13H3;/q;+2/b43-31+,51-39+,53-36?,54-37?,55-38?,61-50?;. The van der Waals surface area contributed by atoms with E-state index in [1.54, 1.807) is 6.08 Å². The molecule has 11 nitrogen and oxygen atoms in total. The van der Waals surface area contributed by atoms with E-state index in [0.29, 0.717) is 88.4 Å². The number of esters is 2. The molecular formula is C63H91MgN5O6+2. The fraction of sp³-hybridized carbons (Fsp3) is 0.587. The number of unbranched alkanes of at least 4 members (excludes halogenated alkanes) is 2. The minimum absolute atomic E-state index is 0. The van der Waals surface area contributed by atoms with Crippen molar-refractivity contribution < 1.29 is 29.0 Å². The van der Waals surface area contributed by atoms with Gasteiger partial charge in [0.25, 0.3) is 5.91 Å². The van der Waals surface area contributed by atoms with Crippen LogP contribution in [0.3, 0.4) is 0 Å². The maximum Gasteiger partial charge on any atom is 2.00 e. The molecule has 0 saturated carbocycles. The van der Waals surface area contributed by atoms with Crippen molar-refractivity contribution in [1.82, 2.24) is 10.2 Å². The maximum atomic E-state index is 15.2. The van der Waals surface area contributed by atoms with Crippen LogP contribution in [0.1, 0.15) is 185 Å². The number of ether oxygens (including phenoxy) is 2. The third kappa shape index (κ3) is 16.8. The first-order chi connectivity index (χ1) is 35.5. The van der Waals surface area contributed by atoms with E-state index in [-0.39, 0.29) is 66.2 Å². The second kappa shape index (κ2) is 30.8. The van der Waals surface area contributed by atoms with Gasteiger partial charge in [0.15, 0.2) is 0 Å². The topological polar surface area (TPSA) is 142 Å². The number of carbonyl (C=O) groups excluding carboxylic acids is 3. The number of carbonyl (C=O) groups is 3. The molecule has 404 valence electrons. The first-order valence-electron chi connectivity index (χ1n) is 28.2. The van der Waals surface area contributed by atoms with Crippen molar-refractivity contribution in [3.63, 3.8) is 0 Å². The molecule has 12 heteroatoms. The van der Waals surface area contributed by atoms with E-state index in [0.717, 1.165) is 84.8 Å². The summed E-state index contributed by atoms with van der Waals surface area (Å²) in [6.07, 6.45) is 26.4. The first kappa shape index (κ1) is 62.7. The summed E-state index contributed by atoms with van der Waals surface area (Å²) in [4.78, 5) is 60.0. The average Bonchev–Trinajstić information content (AvgIpc) is 4.07. The zero-order valence-corrected chi connectivity index (χ0v) is 49.6. The number of allylic oxidation sites excluding steroid dienone is 11. The molecule has 1 fully saturated rings. The zero-order chi connectivity index (χ0) is 54.1. The smallest absolute Gasteiger partial charge is 0.515 e. The summed E-state index contributed by atoms with van der Waals surface area (Å²) in [6.45, 7) is 29.3. The summed E-state index contributed by atoms with van der Waals surface area (Å²) in [5.41, 5.74) is 11.1. The SMILES string of the molecule is C=CC1=C(C)C2=NC1=CC1=NC(=C(CC)/C1=C\O)C=C1N=C(C(CC(=O)OC)=C3NC(=C2)C(C)C3CCC(=O)OC/C=C(\C)CCCC(C)CCCC(C)CCCC(C)C)C(C(=O)N(CCCC)CCCC)=C1C.[Mg+2]. The van der Waals surface area contributed by atoms with Gasteiger partial charge in [-0.3, -0.25) is 14.4 Å². The number of aliphatic hydroxyl groups is 1.